The van der Waals surface area contributed by atoms with E-state index in [0.29, 0.717) is 6.04 Å². The number of hydrogen-bond donors (Lipinski definition) is 1. The molecule has 19 heavy (non-hydrogen) atoms. The second-order valence-corrected chi connectivity index (χ2v) is 6.83. The SMILES string of the molecule is CCCC(N)CCCc1cc(C(C)(C)C)ccc1C. The maximum atomic E-state index is 6.09. The van der Waals surface area contributed by atoms with Gasteiger partial charge in [-0.15, -0.1) is 0 Å². The monoisotopic (exact) mass is 261 g/mol. The lowest BCUT2D eigenvalue weighted by Gasteiger charge is -2.21. The molecule has 1 heteroatoms. The van der Waals surface area contributed by atoms with Crippen LogP contribution in [0.5, 0.6) is 0 Å². The summed E-state index contributed by atoms with van der Waals surface area (Å²) in [7, 11) is 0. The van der Waals surface area contributed by atoms with E-state index >= 15 is 0 Å². The van der Waals surface area contributed by atoms with Crippen LogP contribution in [0, 0.1) is 6.92 Å². The van der Waals surface area contributed by atoms with Gasteiger partial charge in [0.25, 0.3) is 0 Å². The van der Waals surface area contributed by atoms with Crippen molar-refractivity contribution in [2.75, 3.05) is 0 Å². The van der Waals surface area contributed by atoms with E-state index in [4.69, 9.17) is 5.73 Å². The van der Waals surface area contributed by atoms with Crippen LogP contribution in [0.1, 0.15) is 70.1 Å². The molecule has 0 heterocycles. The first-order valence-corrected chi connectivity index (χ1v) is 7.70. The van der Waals surface area contributed by atoms with Gasteiger partial charge in [0.15, 0.2) is 0 Å². The summed E-state index contributed by atoms with van der Waals surface area (Å²) >= 11 is 0. The Labute approximate surface area is 119 Å². The predicted octanol–water partition coefficient (Wildman–Crippen LogP) is 4.74. The van der Waals surface area contributed by atoms with Crippen molar-refractivity contribution in [3.8, 4) is 0 Å². The Kier molecular flexibility index (Phi) is 6.06. The van der Waals surface area contributed by atoms with Gasteiger partial charge in [-0.05, 0) is 54.7 Å². The quantitative estimate of drug-likeness (QED) is 0.786. The van der Waals surface area contributed by atoms with Crippen LogP contribution in [0.2, 0.25) is 0 Å². The highest BCUT2D eigenvalue weighted by atomic mass is 14.6. The van der Waals surface area contributed by atoms with Crippen molar-refractivity contribution in [2.45, 2.75) is 78.2 Å². The number of hydrogen-bond acceptors (Lipinski definition) is 1. The molecule has 1 rings (SSSR count). The summed E-state index contributed by atoms with van der Waals surface area (Å²) in [5.74, 6) is 0. The van der Waals surface area contributed by atoms with E-state index < -0.39 is 0 Å². The van der Waals surface area contributed by atoms with E-state index in [9.17, 15) is 0 Å². The first-order chi connectivity index (χ1) is 8.84. The summed E-state index contributed by atoms with van der Waals surface area (Å²) in [5.41, 5.74) is 10.7. The average molecular weight is 261 g/mol. The molecule has 1 nitrogen and oxygen atoms in total. The van der Waals surface area contributed by atoms with E-state index in [1.807, 2.05) is 0 Å². The third-order valence-corrected chi connectivity index (χ3v) is 3.90. The van der Waals surface area contributed by atoms with Crippen LogP contribution in [-0.4, -0.2) is 6.04 Å². The van der Waals surface area contributed by atoms with Gasteiger partial charge < -0.3 is 5.73 Å². The molecule has 0 aliphatic heterocycles. The summed E-state index contributed by atoms with van der Waals surface area (Å²) in [6.07, 6.45) is 5.86. The van der Waals surface area contributed by atoms with Gasteiger partial charge >= 0.3 is 0 Å². The number of benzene rings is 1. The van der Waals surface area contributed by atoms with Crippen molar-refractivity contribution in [2.24, 2.45) is 5.73 Å². The Bertz CT molecular complexity index is 387. The Morgan fingerprint density at radius 2 is 1.84 bits per heavy atom. The lowest BCUT2D eigenvalue weighted by Crippen LogP contribution is -2.19. The fraction of sp³-hybridized carbons (Fsp3) is 0.667. The van der Waals surface area contributed by atoms with Crippen LogP contribution >= 0.6 is 0 Å². The van der Waals surface area contributed by atoms with Crippen molar-refractivity contribution in [3.05, 3.63) is 34.9 Å². The number of aryl methyl sites for hydroxylation is 2. The van der Waals surface area contributed by atoms with Crippen molar-refractivity contribution in [1.29, 1.82) is 0 Å². The predicted molar refractivity (Wildman–Crippen MR) is 85.7 cm³/mol. The zero-order valence-electron chi connectivity index (χ0n) is 13.4. The lowest BCUT2D eigenvalue weighted by atomic mass is 9.84. The minimum atomic E-state index is 0.237. The van der Waals surface area contributed by atoms with Gasteiger partial charge in [-0.2, -0.15) is 0 Å². The largest absolute Gasteiger partial charge is 0.328 e. The molecular formula is C18H31N. The Hall–Kier alpha value is -0.820. The molecule has 0 amide bonds. The van der Waals surface area contributed by atoms with Crippen LogP contribution < -0.4 is 5.73 Å². The molecule has 108 valence electrons. The molecule has 1 aromatic rings. The van der Waals surface area contributed by atoms with E-state index in [1.54, 1.807) is 0 Å². The fourth-order valence-electron chi connectivity index (χ4n) is 2.48. The molecule has 0 fully saturated rings. The van der Waals surface area contributed by atoms with Crippen molar-refractivity contribution in [1.82, 2.24) is 0 Å². The number of rotatable bonds is 6. The molecule has 2 N–H and O–H groups in total. The van der Waals surface area contributed by atoms with Crippen molar-refractivity contribution >= 4 is 0 Å². The molecule has 1 atom stereocenters. The second-order valence-electron chi connectivity index (χ2n) is 6.83. The third-order valence-electron chi connectivity index (χ3n) is 3.90. The maximum Gasteiger partial charge on any atom is 0.00388 e. The van der Waals surface area contributed by atoms with Crippen molar-refractivity contribution in [3.63, 3.8) is 0 Å². The van der Waals surface area contributed by atoms with Crippen LogP contribution in [0.25, 0.3) is 0 Å². The van der Waals surface area contributed by atoms with Crippen LogP contribution in [0.15, 0.2) is 18.2 Å². The van der Waals surface area contributed by atoms with Crippen LogP contribution in [0.3, 0.4) is 0 Å². The zero-order chi connectivity index (χ0) is 14.5. The van der Waals surface area contributed by atoms with Crippen molar-refractivity contribution < 1.29 is 0 Å². The average Bonchev–Trinajstić information content (AvgIpc) is 2.30. The fourth-order valence-corrected chi connectivity index (χ4v) is 2.48. The molecule has 1 aromatic carbocycles. The molecule has 0 aromatic heterocycles. The van der Waals surface area contributed by atoms with Gasteiger partial charge in [-0.3, -0.25) is 0 Å². The van der Waals surface area contributed by atoms with E-state index in [2.05, 4.69) is 52.8 Å². The number of nitrogens with two attached hydrogens (primary N) is 1. The maximum absolute atomic E-state index is 6.09. The molecular weight excluding hydrogens is 230 g/mol. The summed E-state index contributed by atoms with van der Waals surface area (Å²) < 4.78 is 0. The van der Waals surface area contributed by atoms with Gasteiger partial charge in [-0.1, -0.05) is 52.3 Å². The molecule has 0 radical (unpaired) electrons. The van der Waals surface area contributed by atoms with Crippen LogP contribution in [0.4, 0.5) is 0 Å². The Balaban J connectivity index is 2.63. The molecule has 0 aliphatic carbocycles. The highest BCUT2D eigenvalue weighted by molar-refractivity contribution is 5.34. The Morgan fingerprint density at radius 1 is 1.16 bits per heavy atom. The van der Waals surface area contributed by atoms with Gasteiger partial charge in [0.2, 0.25) is 0 Å². The smallest absolute Gasteiger partial charge is 0.00388 e. The van der Waals surface area contributed by atoms with E-state index in [-0.39, 0.29) is 5.41 Å². The molecule has 0 spiro atoms. The lowest BCUT2D eigenvalue weighted by molar-refractivity contribution is 0.538. The Morgan fingerprint density at radius 3 is 2.42 bits per heavy atom. The van der Waals surface area contributed by atoms with Gasteiger partial charge in [0, 0.05) is 6.04 Å². The van der Waals surface area contributed by atoms with Crippen LogP contribution in [-0.2, 0) is 11.8 Å². The highest BCUT2D eigenvalue weighted by Gasteiger charge is 2.14. The van der Waals surface area contributed by atoms with E-state index in [0.717, 1.165) is 19.3 Å². The minimum Gasteiger partial charge on any atom is -0.328 e. The summed E-state index contributed by atoms with van der Waals surface area (Å²) in [4.78, 5) is 0. The first kappa shape index (κ1) is 16.2. The van der Waals surface area contributed by atoms with Gasteiger partial charge in [0.1, 0.15) is 0 Å². The van der Waals surface area contributed by atoms with Gasteiger partial charge in [0.05, 0.1) is 0 Å². The summed E-state index contributed by atoms with van der Waals surface area (Å²) in [6, 6.07) is 7.31. The van der Waals surface area contributed by atoms with Gasteiger partial charge in [-0.25, -0.2) is 0 Å². The molecule has 0 bridgehead atoms. The molecule has 0 aliphatic rings. The first-order valence-electron chi connectivity index (χ1n) is 7.70. The molecule has 0 saturated carbocycles. The zero-order valence-corrected chi connectivity index (χ0v) is 13.4. The topological polar surface area (TPSA) is 26.0 Å². The molecule has 1 unspecified atom stereocenters. The molecule has 0 saturated heterocycles. The normalized spacial score (nSPS) is 13.6. The van der Waals surface area contributed by atoms with E-state index in [1.165, 1.54) is 29.5 Å². The third kappa shape index (κ3) is 5.36. The second kappa shape index (κ2) is 7.09. The standard InChI is InChI=1S/C18H31N/c1-6-8-17(19)10-7-9-15-13-16(18(3,4)5)12-11-14(15)2/h11-13,17H,6-10,19H2,1-5H3. The minimum absolute atomic E-state index is 0.237. The summed E-state index contributed by atoms with van der Waals surface area (Å²) in [5, 5.41) is 0. The highest BCUT2D eigenvalue weighted by Crippen LogP contribution is 2.25. The summed E-state index contributed by atoms with van der Waals surface area (Å²) in [6.45, 7) is 11.3.